The first-order chi connectivity index (χ1) is 28.4. The highest BCUT2D eigenvalue weighted by Gasteiger charge is 2.31. The van der Waals surface area contributed by atoms with Gasteiger partial charge in [0.2, 0.25) is 17.7 Å². The van der Waals surface area contributed by atoms with Crippen LogP contribution in [0.5, 0.6) is 0 Å². The van der Waals surface area contributed by atoms with Crippen molar-refractivity contribution in [2.45, 2.75) is 50.7 Å². The van der Waals surface area contributed by atoms with Gasteiger partial charge in [-0.2, -0.15) is 5.10 Å². The SMILES string of the molecule is CN(C)C(=O)c1cc2c(-c3ccc(C4CN(Cc5ccc(C(=O)NC6CCC(=O)NC6=O)cc5Cl)C4)cc3)cc(C3=CCCN(C(=O)CCn4cccn4)C3)c(F)c2[nH]1. The minimum atomic E-state index is -0.770. The average Bonchev–Trinajstić information content (AvgIpc) is 3.91. The fourth-order valence-corrected chi connectivity index (χ4v) is 8.26. The zero-order valence-electron chi connectivity index (χ0n) is 32.8. The molecule has 3 aliphatic rings. The molecule has 13 nitrogen and oxygen atoms in total. The van der Waals surface area contributed by atoms with E-state index in [1.807, 2.05) is 42.6 Å². The lowest BCUT2D eigenvalue weighted by Gasteiger charge is -2.40. The van der Waals surface area contributed by atoms with Gasteiger partial charge in [0.15, 0.2) is 5.82 Å². The summed E-state index contributed by atoms with van der Waals surface area (Å²) in [7, 11) is 3.31. The quantitative estimate of drug-likeness (QED) is 0.152. The molecular weight excluding hydrogens is 775 g/mol. The van der Waals surface area contributed by atoms with Gasteiger partial charge in [-0.05, 0) is 71.0 Å². The van der Waals surface area contributed by atoms with E-state index in [9.17, 15) is 24.0 Å². The van der Waals surface area contributed by atoms with Crippen LogP contribution in [0, 0.1) is 5.82 Å². The zero-order chi connectivity index (χ0) is 41.4. The van der Waals surface area contributed by atoms with Crippen molar-refractivity contribution in [1.82, 2.24) is 40.1 Å². The second-order valence-corrected chi connectivity index (χ2v) is 16.0. The van der Waals surface area contributed by atoms with Gasteiger partial charge in [-0.3, -0.25) is 38.9 Å². The summed E-state index contributed by atoms with van der Waals surface area (Å²) in [5.41, 5.74) is 5.65. The fraction of sp³-hybridized carbons (Fsp3) is 0.318. The maximum Gasteiger partial charge on any atom is 0.269 e. The van der Waals surface area contributed by atoms with E-state index in [2.05, 4.69) is 37.7 Å². The number of piperidine rings is 1. The molecule has 3 aliphatic heterocycles. The summed E-state index contributed by atoms with van der Waals surface area (Å²) in [6.07, 6.45) is 6.80. The van der Waals surface area contributed by atoms with Gasteiger partial charge in [0.05, 0.1) is 5.52 Å². The third-order valence-corrected chi connectivity index (χ3v) is 11.7. The van der Waals surface area contributed by atoms with Crippen LogP contribution in [-0.2, 0) is 27.5 Å². The van der Waals surface area contributed by atoms with Crippen LogP contribution in [0.3, 0.4) is 0 Å². The van der Waals surface area contributed by atoms with Gasteiger partial charge in [0.25, 0.3) is 11.8 Å². The summed E-state index contributed by atoms with van der Waals surface area (Å²) in [6.45, 7) is 3.50. The molecule has 0 aliphatic carbocycles. The second kappa shape index (κ2) is 16.6. The Morgan fingerprint density at radius 1 is 1.03 bits per heavy atom. The molecule has 0 bridgehead atoms. The number of fused-ring (bicyclic) bond motifs is 1. The van der Waals surface area contributed by atoms with Crippen LogP contribution in [0.2, 0.25) is 5.02 Å². The molecule has 0 saturated carbocycles. The van der Waals surface area contributed by atoms with Crippen LogP contribution in [0.25, 0.3) is 27.6 Å². The highest BCUT2D eigenvalue weighted by Crippen LogP contribution is 2.38. The molecule has 3 aromatic carbocycles. The van der Waals surface area contributed by atoms with E-state index in [0.29, 0.717) is 47.6 Å². The maximum absolute atomic E-state index is 16.5. The van der Waals surface area contributed by atoms with Crippen LogP contribution in [-0.4, -0.2) is 105 Å². The largest absolute Gasteiger partial charge is 0.348 e. The number of benzene rings is 3. The molecule has 5 amide bonds. The Balaban J connectivity index is 0.959. The molecule has 8 rings (SSSR count). The number of hydrogen-bond donors (Lipinski definition) is 3. The number of amides is 5. The Labute approximate surface area is 345 Å². The molecular formula is C44H44ClFN8O5. The van der Waals surface area contributed by atoms with Crippen molar-refractivity contribution >= 4 is 57.6 Å². The number of rotatable bonds is 11. The van der Waals surface area contributed by atoms with Gasteiger partial charge in [-0.1, -0.05) is 48.0 Å². The van der Waals surface area contributed by atoms with Crippen molar-refractivity contribution in [3.05, 3.63) is 118 Å². The number of carbonyl (C=O) groups excluding carboxylic acids is 5. The van der Waals surface area contributed by atoms with Crippen molar-refractivity contribution in [2.75, 3.05) is 40.3 Å². The van der Waals surface area contributed by atoms with E-state index >= 15 is 4.39 Å². The van der Waals surface area contributed by atoms with Gasteiger partial charge in [0, 0.05) is 106 Å². The topological polar surface area (TPSA) is 153 Å². The lowest BCUT2D eigenvalue weighted by atomic mass is 9.88. The number of nitrogens with one attached hydrogen (secondary N) is 3. The minimum absolute atomic E-state index is 0.0224. The van der Waals surface area contributed by atoms with Crippen LogP contribution in [0.15, 0.2) is 79.1 Å². The molecule has 2 aromatic heterocycles. The predicted octanol–water partition coefficient (Wildman–Crippen LogP) is 5.37. The molecule has 0 spiro atoms. The van der Waals surface area contributed by atoms with Crippen molar-refractivity contribution in [3.8, 4) is 11.1 Å². The summed E-state index contributed by atoms with van der Waals surface area (Å²) in [6, 6.07) is 17.9. The summed E-state index contributed by atoms with van der Waals surface area (Å²) in [4.78, 5) is 71.1. The fourth-order valence-electron chi connectivity index (χ4n) is 8.02. The van der Waals surface area contributed by atoms with E-state index in [4.69, 9.17) is 11.6 Å². The van der Waals surface area contributed by atoms with Gasteiger partial charge in [0.1, 0.15) is 11.7 Å². The van der Waals surface area contributed by atoms with Gasteiger partial charge in [-0.25, -0.2) is 4.39 Å². The van der Waals surface area contributed by atoms with Crippen molar-refractivity contribution in [1.29, 1.82) is 0 Å². The normalized spacial score (nSPS) is 17.4. The number of imide groups is 1. The van der Waals surface area contributed by atoms with E-state index in [-0.39, 0.29) is 60.7 Å². The van der Waals surface area contributed by atoms with E-state index in [1.54, 1.807) is 48.1 Å². The highest BCUT2D eigenvalue weighted by atomic mass is 35.5. The van der Waals surface area contributed by atoms with Gasteiger partial charge < -0.3 is 20.1 Å². The Bertz CT molecular complexity index is 2490. The molecule has 304 valence electrons. The maximum atomic E-state index is 16.5. The molecule has 1 atom stereocenters. The lowest BCUT2D eigenvalue weighted by molar-refractivity contribution is -0.134. The Morgan fingerprint density at radius 3 is 2.54 bits per heavy atom. The predicted molar refractivity (Wildman–Crippen MR) is 221 cm³/mol. The number of carbonyl (C=O) groups is 5. The summed E-state index contributed by atoms with van der Waals surface area (Å²) in [5.74, 6) is -1.76. The van der Waals surface area contributed by atoms with Crippen molar-refractivity contribution < 1.29 is 28.4 Å². The number of hydrogen-bond acceptors (Lipinski definition) is 7. The summed E-state index contributed by atoms with van der Waals surface area (Å²) in [5, 5.41) is 10.2. The standard InChI is InChI=1S/C44H44ClFN8O5/c1-51(2)44(59)37-21-34-32(20-33(40(46)41(34)48-37)29-5-3-16-53(25-29)39(56)14-18-54-17-4-15-47-54)27-8-6-26(7-9-27)31-23-52(24-31)22-30-11-10-28(19-35(30)45)42(57)49-36-12-13-38(55)50-43(36)58/h4-11,15,17,19-21,31,36,48H,3,12-14,16,18,22-25H2,1-2H3,(H,49,57)(H,50,55,58). The lowest BCUT2D eigenvalue weighted by Crippen LogP contribution is -2.52. The monoisotopic (exact) mass is 818 g/mol. The molecule has 2 fully saturated rings. The summed E-state index contributed by atoms with van der Waals surface area (Å²) < 4.78 is 18.3. The van der Waals surface area contributed by atoms with Gasteiger partial charge >= 0.3 is 0 Å². The van der Waals surface area contributed by atoms with Crippen molar-refractivity contribution in [2.24, 2.45) is 0 Å². The minimum Gasteiger partial charge on any atom is -0.348 e. The first-order valence-electron chi connectivity index (χ1n) is 19.7. The first kappa shape index (κ1) is 39.7. The molecule has 2 saturated heterocycles. The third-order valence-electron chi connectivity index (χ3n) is 11.4. The van der Waals surface area contributed by atoms with Crippen LogP contribution < -0.4 is 10.6 Å². The molecule has 3 N–H and O–H groups in total. The third kappa shape index (κ3) is 8.41. The number of aryl methyl sites for hydroxylation is 1. The Hall–Kier alpha value is -6.12. The molecule has 5 heterocycles. The first-order valence-corrected chi connectivity index (χ1v) is 20.1. The highest BCUT2D eigenvalue weighted by molar-refractivity contribution is 6.31. The van der Waals surface area contributed by atoms with Gasteiger partial charge in [-0.15, -0.1) is 0 Å². The Kier molecular flexibility index (Phi) is 11.2. The Morgan fingerprint density at radius 2 is 1.83 bits per heavy atom. The summed E-state index contributed by atoms with van der Waals surface area (Å²) >= 11 is 6.61. The number of H-pyrrole nitrogens is 1. The van der Waals surface area contributed by atoms with Crippen LogP contribution >= 0.6 is 11.6 Å². The zero-order valence-corrected chi connectivity index (χ0v) is 33.5. The van der Waals surface area contributed by atoms with Crippen molar-refractivity contribution in [3.63, 3.8) is 0 Å². The number of nitrogens with zero attached hydrogens (tertiary/aromatic N) is 5. The molecule has 15 heteroatoms. The van der Waals surface area contributed by atoms with E-state index in [0.717, 1.165) is 40.9 Å². The number of aromatic amines is 1. The van der Waals surface area contributed by atoms with E-state index < -0.39 is 23.7 Å². The van der Waals surface area contributed by atoms with Crippen LogP contribution in [0.1, 0.15) is 69.1 Å². The number of halogens is 2. The average molecular weight is 819 g/mol. The second-order valence-electron chi connectivity index (χ2n) is 15.6. The molecule has 0 radical (unpaired) electrons. The number of likely N-dealkylation sites (tertiary alicyclic amines) is 1. The molecule has 5 aromatic rings. The van der Waals surface area contributed by atoms with Crippen LogP contribution in [0.4, 0.5) is 4.39 Å². The molecule has 1 unspecified atom stereocenters. The van der Waals surface area contributed by atoms with E-state index in [1.165, 1.54) is 4.90 Å². The number of aromatic nitrogens is 3. The smallest absolute Gasteiger partial charge is 0.269 e. The molecule has 59 heavy (non-hydrogen) atoms.